The normalized spacial score (nSPS) is 14.1. The molecule has 2 N–H and O–H groups in total. The molecule has 42 heavy (non-hydrogen) atoms. The summed E-state index contributed by atoms with van der Waals surface area (Å²) >= 11 is 0. The molecule has 0 radical (unpaired) electrons. The molecule has 2 aromatic carbocycles. The van der Waals surface area contributed by atoms with E-state index in [2.05, 4.69) is 35.5 Å². The Morgan fingerprint density at radius 1 is 1.05 bits per heavy atom. The van der Waals surface area contributed by atoms with Gasteiger partial charge in [-0.3, -0.25) is 4.79 Å². The Bertz CT molecular complexity index is 1530. The highest BCUT2D eigenvalue weighted by Crippen LogP contribution is 2.39. The fraction of sp³-hybridized carbons (Fsp3) is 0.276. The quantitative estimate of drug-likeness (QED) is 0.261. The number of piperidine rings is 1. The second-order valence-corrected chi connectivity index (χ2v) is 9.83. The third-order valence-electron chi connectivity index (χ3n) is 6.76. The smallest absolute Gasteiger partial charge is 0.420 e. The number of aryl methyl sites for hydroxylation is 1. The van der Waals surface area contributed by atoms with Gasteiger partial charge in [0.05, 0.1) is 11.3 Å². The molecule has 0 spiro atoms. The lowest BCUT2D eigenvalue weighted by Crippen LogP contribution is -2.36. The molecule has 0 saturated carbocycles. The minimum Gasteiger partial charge on any atom is -0.490 e. The van der Waals surface area contributed by atoms with Crippen molar-refractivity contribution in [2.45, 2.75) is 32.0 Å². The van der Waals surface area contributed by atoms with E-state index in [9.17, 15) is 18.0 Å². The van der Waals surface area contributed by atoms with E-state index in [1.807, 2.05) is 14.0 Å². The molecule has 9 nitrogen and oxygen atoms in total. The highest BCUT2D eigenvalue weighted by Gasteiger charge is 2.36. The van der Waals surface area contributed by atoms with E-state index in [4.69, 9.17) is 4.74 Å². The first-order valence-corrected chi connectivity index (χ1v) is 13.0. The molecular formula is C29H29ClF3N7O2. The van der Waals surface area contributed by atoms with Crippen molar-refractivity contribution in [2.24, 2.45) is 0 Å². The maximum absolute atomic E-state index is 13.9. The molecule has 1 aliphatic rings. The number of alkyl halides is 3. The van der Waals surface area contributed by atoms with Gasteiger partial charge in [0.15, 0.2) is 0 Å². The number of likely N-dealkylation sites (tertiary alicyclic amines) is 1. The van der Waals surface area contributed by atoms with E-state index in [0.717, 1.165) is 24.7 Å². The molecule has 1 saturated heterocycles. The van der Waals surface area contributed by atoms with E-state index >= 15 is 0 Å². The number of carbonyl (C=O) groups is 1. The highest BCUT2D eigenvalue weighted by molar-refractivity contribution is 6.05. The first-order valence-electron chi connectivity index (χ1n) is 13.0. The molecule has 0 bridgehead atoms. The fourth-order valence-corrected chi connectivity index (χ4v) is 4.45. The fourth-order valence-electron chi connectivity index (χ4n) is 4.45. The average molecular weight is 600 g/mol. The summed E-state index contributed by atoms with van der Waals surface area (Å²) in [7, 11) is 1.97. The zero-order valence-corrected chi connectivity index (χ0v) is 23.7. The lowest BCUT2D eigenvalue weighted by atomic mass is 10.1. The van der Waals surface area contributed by atoms with Gasteiger partial charge >= 0.3 is 6.18 Å². The number of hydrogen-bond acceptors (Lipinski definition) is 8. The number of ether oxygens (including phenoxy) is 1. The summed E-state index contributed by atoms with van der Waals surface area (Å²) in [6.45, 7) is 3.36. The van der Waals surface area contributed by atoms with Crippen LogP contribution in [-0.4, -0.2) is 57.0 Å². The molecule has 2 aromatic heterocycles. The summed E-state index contributed by atoms with van der Waals surface area (Å²) in [5.41, 5.74) is 2.02. The van der Waals surface area contributed by atoms with Crippen molar-refractivity contribution >= 4 is 35.6 Å². The lowest BCUT2D eigenvalue weighted by Gasteiger charge is -2.30. The Balaban J connectivity index is 0.00000405. The van der Waals surface area contributed by atoms with Crippen LogP contribution in [-0.2, 0) is 6.18 Å². The first-order chi connectivity index (χ1) is 19.7. The standard InChI is InChI=1S/C29H28F3N7O2.ClH/c1-18-3-4-19(13-25(18)38-28-35-10-7-24(37-28)20-15-33-17-34-16-20)27(40)36-21-5-6-26(23(14-21)29(30,31)32)41-22-8-11-39(2)12-9-22;/h3-7,10,13-17,22H,8-9,11-12H2,1-2H3,(H,36,40)(H,35,37,38);1H. The molecule has 3 heterocycles. The van der Waals surface area contributed by atoms with E-state index in [1.54, 1.807) is 42.9 Å². The van der Waals surface area contributed by atoms with Crippen LogP contribution in [0.3, 0.4) is 0 Å². The summed E-state index contributed by atoms with van der Waals surface area (Å²) in [5.74, 6) is -0.514. The minimum absolute atomic E-state index is 0. The van der Waals surface area contributed by atoms with Gasteiger partial charge in [0.1, 0.15) is 18.2 Å². The molecule has 220 valence electrons. The van der Waals surface area contributed by atoms with Crippen LogP contribution in [0.1, 0.15) is 34.3 Å². The number of nitrogens with one attached hydrogen (secondary N) is 2. The van der Waals surface area contributed by atoms with Crippen molar-refractivity contribution in [1.29, 1.82) is 0 Å². The molecule has 1 aliphatic heterocycles. The van der Waals surface area contributed by atoms with E-state index in [0.29, 0.717) is 35.7 Å². The van der Waals surface area contributed by atoms with Gasteiger partial charge in [-0.05, 0) is 68.8 Å². The third-order valence-corrected chi connectivity index (χ3v) is 6.76. The minimum atomic E-state index is -4.65. The Morgan fingerprint density at radius 3 is 2.50 bits per heavy atom. The molecule has 0 unspecified atom stereocenters. The van der Waals surface area contributed by atoms with Crippen molar-refractivity contribution < 1.29 is 22.7 Å². The van der Waals surface area contributed by atoms with E-state index < -0.39 is 17.6 Å². The number of amides is 1. The van der Waals surface area contributed by atoms with Crippen molar-refractivity contribution in [3.05, 3.63) is 84.1 Å². The number of hydrogen-bond donors (Lipinski definition) is 2. The number of carbonyl (C=O) groups excluding carboxylic acids is 1. The van der Waals surface area contributed by atoms with Crippen molar-refractivity contribution in [2.75, 3.05) is 30.8 Å². The van der Waals surface area contributed by atoms with Crippen LogP contribution in [0.4, 0.5) is 30.5 Å². The number of aromatic nitrogens is 4. The molecule has 1 amide bonds. The predicted octanol–water partition coefficient (Wildman–Crippen LogP) is 6.15. The Hall–Kier alpha value is -4.29. The summed E-state index contributed by atoms with van der Waals surface area (Å²) in [6.07, 6.45) is 2.62. The summed E-state index contributed by atoms with van der Waals surface area (Å²) in [4.78, 5) is 31.9. The summed E-state index contributed by atoms with van der Waals surface area (Å²) < 4.78 is 47.5. The summed E-state index contributed by atoms with van der Waals surface area (Å²) in [6, 6.07) is 10.2. The van der Waals surface area contributed by atoms with Gasteiger partial charge in [0, 0.05) is 54.2 Å². The van der Waals surface area contributed by atoms with Gasteiger partial charge in [-0.1, -0.05) is 6.07 Å². The Morgan fingerprint density at radius 2 is 1.79 bits per heavy atom. The van der Waals surface area contributed by atoms with Crippen LogP contribution >= 0.6 is 12.4 Å². The van der Waals surface area contributed by atoms with Crippen molar-refractivity contribution in [3.63, 3.8) is 0 Å². The van der Waals surface area contributed by atoms with Crippen LogP contribution in [0.25, 0.3) is 11.3 Å². The molecule has 5 rings (SSSR count). The SMILES string of the molecule is Cc1ccc(C(=O)Nc2ccc(OC3CCN(C)CC3)c(C(F)(F)F)c2)cc1Nc1nccc(-c2cncnc2)n1.Cl. The largest absolute Gasteiger partial charge is 0.490 e. The highest BCUT2D eigenvalue weighted by atomic mass is 35.5. The van der Waals surface area contributed by atoms with Gasteiger partial charge in [-0.25, -0.2) is 19.9 Å². The lowest BCUT2D eigenvalue weighted by molar-refractivity contribution is -0.139. The molecule has 4 aromatic rings. The number of rotatable bonds is 7. The monoisotopic (exact) mass is 599 g/mol. The first kappa shape index (κ1) is 30.7. The van der Waals surface area contributed by atoms with Gasteiger partial charge < -0.3 is 20.3 Å². The second-order valence-electron chi connectivity index (χ2n) is 9.83. The van der Waals surface area contributed by atoms with Crippen molar-refractivity contribution in [1.82, 2.24) is 24.8 Å². The van der Waals surface area contributed by atoms with E-state index in [1.165, 1.54) is 18.5 Å². The molecule has 13 heteroatoms. The maximum atomic E-state index is 13.9. The molecule has 0 atom stereocenters. The van der Waals surface area contributed by atoms with E-state index in [-0.39, 0.29) is 35.5 Å². The van der Waals surface area contributed by atoms with Gasteiger partial charge in [-0.2, -0.15) is 13.2 Å². The van der Waals surface area contributed by atoms with Gasteiger partial charge in [0.2, 0.25) is 5.95 Å². The Labute approximate surface area is 247 Å². The zero-order valence-electron chi connectivity index (χ0n) is 22.9. The van der Waals surface area contributed by atoms with Crippen LogP contribution < -0.4 is 15.4 Å². The average Bonchev–Trinajstić information content (AvgIpc) is 2.96. The third kappa shape index (κ3) is 7.51. The summed E-state index contributed by atoms with van der Waals surface area (Å²) in [5, 5.41) is 5.68. The number of anilines is 3. The maximum Gasteiger partial charge on any atom is 0.420 e. The predicted molar refractivity (Wildman–Crippen MR) is 155 cm³/mol. The van der Waals surface area contributed by atoms with Crippen LogP contribution in [0, 0.1) is 6.92 Å². The van der Waals surface area contributed by atoms with Crippen molar-refractivity contribution in [3.8, 4) is 17.0 Å². The molecular weight excluding hydrogens is 571 g/mol. The van der Waals surface area contributed by atoms with Gasteiger partial charge in [0.25, 0.3) is 5.91 Å². The number of benzene rings is 2. The zero-order chi connectivity index (χ0) is 29.0. The van der Waals surface area contributed by atoms with Crippen LogP contribution in [0.2, 0.25) is 0 Å². The number of halogens is 4. The second kappa shape index (κ2) is 13.1. The number of nitrogens with zero attached hydrogens (tertiary/aromatic N) is 5. The molecule has 0 aliphatic carbocycles. The molecule has 1 fully saturated rings. The van der Waals surface area contributed by atoms with Crippen LogP contribution in [0.15, 0.2) is 67.4 Å². The topological polar surface area (TPSA) is 105 Å². The van der Waals surface area contributed by atoms with Crippen LogP contribution in [0.5, 0.6) is 5.75 Å². The Kier molecular flexibility index (Phi) is 9.59. The van der Waals surface area contributed by atoms with Gasteiger partial charge in [-0.15, -0.1) is 12.4 Å².